The van der Waals surface area contributed by atoms with Gasteiger partial charge in [0, 0.05) is 10.8 Å². The minimum Gasteiger partial charge on any atom is -0.0870 e. The number of benzene rings is 11. The van der Waals surface area contributed by atoms with Crippen LogP contribution in [0.15, 0.2) is 194 Å². The van der Waals surface area contributed by atoms with Crippen LogP contribution >= 0.6 is 0 Å². The Morgan fingerprint density at radius 1 is 0.284 bits per heavy atom. The van der Waals surface area contributed by atoms with Crippen molar-refractivity contribution < 1.29 is 0 Å². The first-order valence-corrected chi connectivity index (χ1v) is 29.2. The Balaban J connectivity index is 0.813. The maximum Gasteiger partial charge on any atom is 0.0159 e. The SMILES string of the molecule is CC=Cc1c(C)cccc1-c1cc(-c2ccc3c(c2)C(C)(C)c2cc(-c4ccc5c(c4)C(C)(C)c4cc(-c6cc(C)c(-c7c(C)cc(-c8c(C)cc(C)cc8C)cc7C)c(C)c6)ccc4-5)ccc2-3)cc(-c2cccc3ccccc23)c1. The highest BCUT2D eigenvalue weighted by Crippen LogP contribution is 2.54. The van der Waals surface area contributed by atoms with Gasteiger partial charge in [-0.3, -0.25) is 0 Å². The van der Waals surface area contributed by atoms with E-state index in [0.717, 1.165) is 0 Å². The summed E-state index contributed by atoms with van der Waals surface area (Å²) in [5.74, 6) is 0. The second-order valence-electron chi connectivity index (χ2n) is 24.9. The Morgan fingerprint density at radius 2 is 0.667 bits per heavy atom. The molecule has 11 aromatic carbocycles. The second kappa shape index (κ2) is 19.3. The van der Waals surface area contributed by atoms with E-state index in [1.54, 1.807) is 0 Å². The summed E-state index contributed by atoms with van der Waals surface area (Å²) < 4.78 is 0. The lowest BCUT2D eigenvalue weighted by atomic mass is 9.79. The van der Waals surface area contributed by atoms with Crippen LogP contribution in [-0.2, 0) is 10.8 Å². The normalized spacial score (nSPS) is 13.6. The van der Waals surface area contributed by atoms with E-state index >= 15 is 0 Å². The van der Waals surface area contributed by atoms with E-state index in [4.69, 9.17) is 0 Å². The molecule has 11 aromatic rings. The van der Waals surface area contributed by atoms with Crippen LogP contribution in [0, 0.1) is 55.4 Å². The molecule has 13 rings (SSSR count). The summed E-state index contributed by atoms with van der Waals surface area (Å²) >= 11 is 0. The molecule has 2 aliphatic carbocycles. The second-order valence-corrected chi connectivity index (χ2v) is 24.9. The number of aryl methyl sites for hydroxylation is 8. The summed E-state index contributed by atoms with van der Waals surface area (Å²) in [5, 5.41) is 2.52. The third-order valence-electron chi connectivity index (χ3n) is 18.6. The van der Waals surface area contributed by atoms with Gasteiger partial charge in [0.1, 0.15) is 0 Å². The first-order valence-electron chi connectivity index (χ1n) is 29.2. The Bertz CT molecular complexity index is 4410. The lowest BCUT2D eigenvalue weighted by Gasteiger charge is -2.24. The van der Waals surface area contributed by atoms with Gasteiger partial charge >= 0.3 is 0 Å². The smallest absolute Gasteiger partial charge is 0.0159 e. The van der Waals surface area contributed by atoms with E-state index in [0.29, 0.717) is 0 Å². The van der Waals surface area contributed by atoms with Crippen molar-refractivity contribution in [3.05, 3.63) is 266 Å². The van der Waals surface area contributed by atoms with Crippen molar-refractivity contribution in [2.75, 3.05) is 0 Å². The number of hydrogen-bond donors (Lipinski definition) is 0. The van der Waals surface area contributed by atoms with Gasteiger partial charge < -0.3 is 0 Å². The molecule has 0 aromatic heterocycles. The standard InChI is InChI=1S/C81H72/c1-14-19-65-48(3)20-17-24-67(65)62-40-61(41-63(42-62)68-25-18-22-55-21-15-16-23-66(55)68)59-29-33-72-70-31-27-57(44-74(70)81(12,13)76(72)46-59)56-26-30-69-71-32-28-58(45-75(71)80(10,11)73(69)43-56)60-36-51(6)78(52(7)37-60)79-53(8)38-64(39-54(79)9)77-49(4)34-47(2)35-50(77)5/h14-46H,1-13H3. The number of allylic oxidation sites excluding steroid dienone is 1. The van der Waals surface area contributed by atoms with Crippen molar-refractivity contribution in [2.24, 2.45) is 0 Å². The van der Waals surface area contributed by atoms with E-state index in [1.807, 2.05) is 0 Å². The molecule has 0 bridgehead atoms. The number of fused-ring (bicyclic) bond motifs is 7. The first-order chi connectivity index (χ1) is 38.9. The van der Waals surface area contributed by atoms with Crippen molar-refractivity contribution in [2.45, 2.75) is 101 Å². The summed E-state index contributed by atoms with van der Waals surface area (Å²) in [6, 6.07) is 72.5. The summed E-state index contributed by atoms with van der Waals surface area (Å²) in [6.07, 6.45) is 4.41. The molecule has 0 unspecified atom stereocenters. The van der Waals surface area contributed by atoms with E-state index in [2.05, 4.69) is 290 Å². The zero-order valence-electron chi connectivity index (χ0n) is 49.6. The van der Waals surface area contributed by atoms with E-state index in [1.165, 1.54) is 183 Å². The van der Waals surface area contributed by atoms with Crippen molar-refractivity contribution in [3.63, 3.8) is 0 Å². The van der Waals surface area contributed by atoms with E-state index < -0.39 is 0 Å². The molecule has 81 heavy (non-hydrogen) atoms. The Morgan fingerprint density at radius 3 is 1.16 bits per heavy atom. The van der Waals surface area contributed by atoms with Crippen LogP contribution in [0.5, 0.6) is 0 Å². The van der Waals surface area contributed by atoms with Crippen LogP contribution in [-0.4, -0.2) is 0 Å². The highest BCUT2D eigenvalue weighted by atomic mass is 14.4. The molecule has 0 spiro atoms. The number of hydrogen-bond acceptors (Lipinski definition) is 0. The van der Waals surface area contributed by atoms with Crippen LogP contribution in [0.4, 0.5) is 0 Å². The molecule has 0 aliphatic heterocycles. The highest BCUT2D eigenvalue weighted by Gasteiger charge is 2.38. The van der Waals surface area contributed by atoms with Crippen LogP contribution in [0.2, 0.25) is 0 Å². The molecule has 396 valence electrons. The molecule has 0 saturated heterocycles. The number of rotatable bonds is 8. The molecular formula is C81H72. The molecule has 0 heteroatoms. The monoisotopic (exact) mass is 1040 g/mol. The summed E-state index contributed by atoms with van der Waals surface area (Å²) in [5.41, 5.74) is 40.2. The molecule has 0 atom stereocenters. The fourth-order valence-electron chi connectivity index (χ4n) is 14.8. The van der Waals surface area contributed by atoms with Gasteiger partial charge in [0.25, 0.3) is 0 Å². The zero-order valence-corrected chi connectivity index (χ0v) is 49.6. The molecule has 0 amide bonds. The molecule has 2 aliphatic rings. The quantitative estimate of drug-likeness (QED) is 0.142. The molecule has 0 radical (unpaired) electrons. The predicted molar refractivity (Wildman–Crippen MR) is 350 cm³/mol. The zero-order chi connectivity index (χ0) is 56.4. The van der Waals surface area contributed by atoms with Gasteiger partial charge in [0.2, 0.25) is 0 Å². The molecule has 0 N–H and O–H groups in total. The molecule has 0 heterocycles. The average molecular weight is 1050 g/mol. The van der Waals surface area contributed by atoms with Gasteiger partial charge in [-0.25, -0.2) is 0 Å². The minimum absolute atomic E-state index is 0.175. The fraction of sp³-hybridized carbons (Fsp3) is 0.185. The van der Waals surface area contributed by atoms with Gasteiger partial charge in [-0.15, -0.1) is 0 Å². The highest BCUT2D eigenvalue weighted by molar-refractivity contribution is 5.99. The first kappa shape index (κ1) is 51.8. The third kappa shape index (κ3) is 8.48. The van der Waals surface area contributed by atoms with Crippen LogP contribution in [0.25, 0.3) is 117 Å². The van der Waals surface area contributed by atoms with Gasteiger partial charge in [-0.1, -0.05) is 191 Å². The topological polar surface area (TPSA) is 0 Å². The van der Waals surface area contributed by atoms with Crippen molar-refractivity contribution in [1.29, 1.82) is 0 Å². The Labute approximate surface area is 481 Å². The molecule has 0 fully saturated rings. The van der Waals surface area contributed by atoms with Gasteiger partial charge in [0.05, 0.1) is 0 Å². The predicted octanol–water partition coefficient (Wildman–Crippen LogP) is 22.6. The van der Waals surface area contributed by atoms with Crippen molar-refractivity contribution in [3.8, 4) is 100 Å². The third-order valence-corrected chi connectivity index (χ3v) is 18.6. The Hall–Kier alpha value is -8.58. The fourth-order valence-corrected chi connectivity index (χ4v) is 14.8. The molecular weight excluding hydrogens is 973 g/mol. The van der Waals surface area contributed by atoms with Gasteiger partial charge in [0.15, 0.2) is 0 Å². The van der Waals surface area contributed by atoms with E-state index in [9.17, 15) is 0 Å². The summed E-state index contributed by atoms with van der Waals surface area (Å²) in [4.78, 5) is 0. The molecule has 0 saturated carbocycles. The van der Waals surface area contributed by atoms with Crippen molar-refractivity contribution >= 4 is 16.8 Å². The lowest BCUT2D eigenvalue weighted by molar-refractivity contribution is 0.660. The Kier molecular flexibility index (Phi) is 12.4. The van der Waals surface area contributed by atoms with Crippen LogP contribution in [0.3, 0.4) is 0 Å². The van der Waals surface area contributed by atoms with Crippen LogP contribution in [0.1, 0.15) is 107 Å². The minimum atomic E-state index is -0.206. The summed E-state index contributed by atoms with van der Waals surface area (Å²) in [7, 11) is 0. The summed E-state index contributed by atoms with van der Waals surface area (Å²) in [6.45, 7) is 29.9. The maximum atomic E-state index is 2.49. The van der Waals surface area contributed by atoms with Crippen molar-refractivity contribution in [1.82, 2.24) is 0 Å². The lowest BCUT2D eigenvalue weighted by Crippen LogP contribution is -2.15. The van der Waals surface area contributed by atoms with E-state index in [-0.39, 0.29) is 10.8 Å². The van der Waals surface area contributed by atoms with Gasteiger partial charge in [-0.05, 0) is 282 Å². The van der Waals surface area contributed by atoms with Crippen LogP contribution < -0.4 is 0 Å². The molecule has 0 nitrogen and oxygen atoms in total. The maximum absolute atomic E-state index is 2.49. The average Bonchev–Trinajstić information content (AvgIpc) is 4.09. The van der Waals surface area contributed by atoms with Gasteiger partial charge in [-0.2, -0.15) is 0 Å². The largest absolute Gasteiger partial charge is 0.0870 e.